The number of benzene rings is 1. The molecule has 0 aromatic heterocycles. The Balaban J connectivity index is 1.83. The van der Waals surface area contributed by atoms with E-state index in [1.54, 1.807) is 0 Å². The number of hydrogen-bond acceptors (Lipinski definition) is 2. The van der Waals surface area contributed by atoms with Crippen molar-refractivity contribution in [1.82, 2.24) is 4.90 Å². The number of likely N-dealkylation sites (tertiary alicyclic amines) is 1. The minimum absolute atomic E-state index is 0.0453. The zero-order chi connectivity index (χ0) is 15.2. The summed E-state index contributed by atoms with van der Waals surface area (Å²) in [6.07, 6.45) is 4.26. The molecule has 1 aromatic rings. The van der Waals surface area contributed by atoms with Crippen LogP contribution >= 0.6 is 11.6 Å². The minimum atomic E-state index is -0.888. The smallest absolute Gasteiger partial charge is 0.326 e. The normalized spacial score (nSPS) is 18.5. The van der Waals surface area contributed by atoms with Crippen LogP contribution in [-0.4, -0.2) is 34.5 Å². The van der Waals surface area contributed by atoms with Crippen molar-refractivity contribution in [2.45, 2.75) is 44.6 Å². The van der Waals surface area contributed by atoms with Gasteiger partial charge in [0.15, 0.2) is 0 Å². The molecule has 1 heterocycles. The first kappa shape index (κ1) is 15.8. The van der Waals surface area contributed by atoms with Crippen molar-refractivity contribution >= 4 is 23.5 Å². The van der Waals surface area contributed by atoms with E-state index in [1.165, 1.54) is 4.90 Å². The molecule has 1 N–H and O–H groups in total. The number of aryl methyl sites for hydroxylation is 1. The van der Waals surface area contributed by atoms with Crippen molar-refractivity contribution < 1.29 is 14.7 Å². The number of aliphatic carboxylic acids is 1. The van der Waals surface area contributed by atoms with Crippen LogP contribution < -0.4 is 0 Å². The molecule has 4 nitrogen and oxygen atoms in total. The van der Waals surface area contributed by atoms with Crippen LogP contribution in [-0.2, 0) is 16.0 Å². The van der Waals surface area contributed by atoms with Gasteiger partial charge in [-0.25, -0.2) is 4.79 Å². The van der Waals surface area contributed by atoms with Crippen LogP contribution in [0.4, 0.5) is 0 Å². The van der Waals surface area contributed by atoms with Crippen molar-refractivity contribution in [2.24, 2.45) is 0 Å². The van der Waals surface area contributed by atoms with Gasteiger partial charge >= 0.3 is 5.97 Å². The lowest BCUT2D eigenvalue weighted by molar-refractivity contribution is -0.152. The average molecular weight is 310 g/mol. The first-order valence-corrected chi connectivity index (χ1v) is 7.72. The number of carboxylic acids is 1. The monoisotopic (exact) mass is 309 g/mol. The van der Waals surface area contributed by atoms with Crippen molar-refractivity contribution in [1.29, 1.82) is 0 Å². The van der Waals surface area contributed by atoms with E-state index in [0.717, 1.165) is 31.2 Å². The molecule has 0 spiro atoms. The number of piperidine rings is 1. The molecule has 1 saturated heterocycles. The molecular formula is C16H20ClNO3. The van der Waals surface area contributed by atoms with Gasteiger partial charge < -0.3 is 10.0 Å². The molecule has 0 saturated carbocycles. The fourth-order valence-corrected chi connectivity index (χ4v) is 2.85. The summed E-state index contributed by atoms with van der Waals surface area (Å²) in [6.45, 7) is 0.566. The predicted molar refractivity (Wildman–Crippen MR) is 81.4 cm³/mol. The van der Waals surface area contributed by atoms with Gasteiger partial charge in [0.1, 0.15) is 6.04 Å². The van der Waals surface area contributed by atoms with Gasteiger partial charge in [-0.05, 0) is 49.8 Å². The number of amides is 1. The molecule has 1 unspecified atom stereocenters. The van der Waals surface area contributed by atoms with Crippen LogP contribution in [0.1, 0.15) is 37.7 Å². The maximum Gasteiger partial charge on any atom is 0.326 e. The highest BCUT2D eigenvalue weighted by molar-refractivity contribution is 6.30. The fourth-order valence-electron chi connectivity index (χ4n) is 2.73. The van der Waals surface area contributed by atoms with Gasteiger partial charge in [0.05, 0.1) is 0 Å². The second kappa shape index (κ2) is 7.46. The summed E-state index contributed by atoms with van der Waals surface area (Å²) in [5.74, 6) is -0.934. The van der Waals surface area contributed by atoms with Crippen LogP contribution in [0.2, 0.25) is 5.02 Å². The van der Waals surface area contributed by atoms with Gasteiger partial charge in [0.2, 0.25) is 5.91 Å². The number of carboxylic acid groups (broad SMARTS) is 1. The summed E-state index contributed by atoms with van der Waals surface area (Å²) < 4.78 is 0. The number of halogens is 1. The topological polar surface area (TPSA) is 57.6 Å². The number of hydrogen-bond donors (Lipinski definition) is 1. The van der Waals surface area contributed by atoms with Crippen LogP contribution in [0.5, 0.6) is 0 Å². The largest absolute Gasteiger partial charge is 0.480 e. The highest BCUT2D eigenvalue weighted by atomic mass is 35.5. The van der Waals surface area contributed by atoms with E-state index < -0.39 is 12.0 Å². The SMILES string of the molecule is O=C(O)C1CCCCN1C(=O)CCCc1ccc(Cl)cc1. The van der Waals surface area contributed by atoms with Crippen LogP contribution in [0.15, 0.2) is 24.3 Å². The van der Waals surface area contributed by atoms with Crippen LogP contribution in [0.25, 0.3) is 0 Å². The van der Waals surface area contributed by atoms with Gasteiger partial charge in [-0.15, -0.1) is 0 Å². The number of carbonyl (C=O) groups excluding carboxylic acids is 1. The summed E-state index contributed by atoms with van der Waals surface area (Å²) in [4.78, 5) is 24.9. The zero-order valence-corrected chi connectivity index (χ0v) is 12.7. The highest BCUT2D eigenvalue weighted by Gasteiger charge is 2.31. The second-order valence-electron chi connectivity index (χ2n) is 5.42. The number of nitrogens with zero attached hydrogens (tertiary/aromatic N) is 1. The molecule has 1 amide bonds. The van der Waals surface area contributed by atoms with E-state index in [0.29, 0.717) is 24.4 Å². The number of rotatable bonds is 5. The lowest BCUT2D eigenvalue weighted by atomic mass is 10.0. The molecular weight excluding hydrogens is 290 g/mol. The van der Waals surface area contributed by atoms with Crippen molar-refractivity contribution in [3.63, 3.8) is 0 Å². The van der Waals surface area contributed by atoms with E-state index in [2.05, 4.69) is 0 Å². The first-order valence-electron chi connectivity index (χ1n) is 7.34. The molecule has 0 aliphatic carbocycles. The van der Waals surface area contributed by atoms with Crippen molar-refractivity contribution in [3.8, 4) is 0 Å². The molecule has 21 heavy (non-hydrogen) atoms. The summed E-state index contributed by atoms with van der Waals surface area (Å²) in [5, 5.41) is 9.88. The van der Waals surface area contributed by atoms with Crippen molar-refractivity contribution in [2.75, 3.05) is 6.54 Å². The Hall–Kier alpha value is -1.55. The van der Waals surface area contributed by atoms with E-state index in [1.807, 2.05) is 24.3 Å². The van der Waals surface area contributed by atoms with Gasteiger partial charge in [-0.2, -0.15) is 0 Å². The first-order chi connectivity index (χ1) is 10.1. The maximum atomic E-state index is 12.2. The summed E-state index contributed by atoms with van der Waals surface area (Å²) in [6, 6.07) is 6.94. The third-order valence-electron chi connectivity index (χ3n) is 3.88. The second-order valence-corrected chi connectivity index (χ2v) is 5.85. The summed E-state index contributed by atoms with van der Waals surface area (Å²) in [5.41, 5.74) is 1.14. The molecule has 1 aliphatic rings. The van der Waals surface area contributed by atoms with E-state index in [9.17, 15) is 14.7 Å². The Kier molecular flexibility index (Phi) is 5.62. The lowest BCUT2D eigenvalue weighted by Crippen LogP contribution is -2.47. The van der Waals surface area contributed by atoms with Gasteiger partial charge in [0, 0.05) is 18.0 Å². The Morgan fingerprint density at radius 2 is 1.95 bits per heavy atom. The van der Waals surface area contributed by atoms with Gasteiger partial charge in [-0.1, -0.05) is 23.7 Å². The van der Waals surface area contributed by atoms with Crippen LogP contribution in [0.3, 0.4) is 0 Å². The molecule has 1 aromatic carbocycles. The van der Waals surface area contributed by atoms with Crippen LogP contribution in [0, 0.1) is 0 Å². The Bertz CT molecular complexity index is 501. The molecule has 5 heteroatoms. The maximum absolute atomic E-state index is 12.2. The van der Waals surface area contributed by atoms with E-state index in [4.69, 9.17) is 11.6 Å². The molecule has 1 fully saturated rings. The fraction of sp³-hybridized carbons (Fsp3) is 0.500. The zero-order valence-electron chi connectivity index (χ0n) is 11.9. The Labute approximate surface area is 129 Å². The Morgan fingerprint density at radius 3 is 2.62 bits per heavy atom. The minimum Gasteiger partial charge on any atom is -0.480 e. The molecule has 1 aliphatic heterocycles. The third-order valence-corrected chi connectivity index (χ3v) is 4.13. The van der Waals surface area contributed by atoms with Gasteiger partial charge in [0.25, 0.3) is 0 Å². The average Bonchev–Trinajstić information content (AvgIpc) is 2.49. The third kappa shape index (κ3) is 4.46. The molecule has 0 radical (unpaired) electrons. The number of carbonyl (C=O) groups is 2. The quantitative estimate of drug-likeness (QED) is 0.909. The predicted octanol–water partition coefficient (Wildman–Crippen LogP) is 3.13. The lowest BCUT2D eigenvalue weighted by Gasteiger charge is -2.33. The Morgan fingerprint density at radius 1 is 1.24 bits per heavy atom. The summed E-state index contributed by atoms with van der Waals surface area (Å²) >= 11 is 5.83. The summed E-state index contributed by atoms with van der Waals surface area (Å²) in [7, 11) is 0. The molecule has 1 atom stereocenters. The molecule has 0 bridgehead atoms. The highest BCUT2D eigenvalue weighted by Crippen LogP contribution is 2.19. The molecule has 114 valence electrons. The molecule has 2 rings (SSSR count). The van der Waals surface area contributed by atoms with E-state index >= 15 is 0 Å². The van der Waals surface area contributed by atoms with Gasteiger partial charge in [-0.3, -0.25) is 4.79 Å². The standard InChI is InChI=1S/C16H20ClNO3/c17-13-9-7-12(8-10-13)4-3-6-15(19)18-11-2-1-5-14(18)16(20)21/h7-10,14H,1-6,11H2,(H,20,21). The van der Waals surface area contributed by atoms with E-state index in [-0.39, 0.29) is 5.91 Å². The van der Waals surface area contributed by atoms with Crippen molar-refractivity contribution in [3.05, 3.63) is 34.9 Å².